The summed E-state index contributed by atoms with van der Waals surface area (Å²) in [7, 11) is 1.78. The summed E-state index contributed by atoms with van der Waals surface area (Å²) in [5.74, 6) is 0.358. The SMILES string of the molecule is CN(CC(=O)Nc1ccc(Br)cn1)CC(=O)N1CCN(Cc2ccccc2)CC1. The number of carbonyl (C=O) groups excluding carboxylic acids is 2. The van der Waals surface area contributed by atoms with Crippen LogP contribution in [-0.4, -0.2) is 77.8 Å². The van der Waals surface area contributed by atoms with Crippen molar-refractivity contribution in [3.63, 3.8) is 0 Å². The van der Waals surface area contributed by atoms with Gasteiger partial charge in [-0.1, -0.05) is 30.3 Å². The standard InChI is InChI=1S/C21H26BrN5O2/c1-25(15-20(28)24-19-8-7-18(22)13-23-19)16-21(29)27-11-9-26(10-12-27)14-17-5-3-2-4-6-17/h2-8,13H,9-12,14-16H2,1H3,(H,23,24,28). The minimum Gasteiger partial charge on any atom is -0.339 e. The Balaban J connectivity index is 1.38. The highest BCUT2D eigenvalue weighted by Crippen LogP contribution is 2.11. The number of nitrogens with zero attached hydrogens (tertiary/aromatic N) is 4. The van der Waals surface area contributed by atoms with E-state index >= 15 is 0 Å². The zero-order valence-corrected chi connectivity index (χ0v) is 18.1. The van der Waals surface area contributed by atoms with Gasteiger partial charge in [0.25, 0.3) is 0 Å². The van der Waals surface area contributed by atoms with Gasteiger partial charge < -0.3 is 10.2 Å². The second-order valence-corrected chi connectivity index (χ2v) is 8.14. The summed E-state index contributed by atoms with van der Waals surface area (Å²) in [6.07, 6.45) is 1.63. The van der Waals surface area contributed by atoms with Crippen LogP contribution >= 0.6 is 15.9 Å². The van der Waals surface area contributed by atoms with E-state index in [9.17, 15) is 9.59 Å². The van der Waals surface area contributed by atoms with E-state index in [1.165, 1.54) is 5.56 Å². The lowest BCUT2D eigenvalue weighted by Gasteiger charge is -2.35. The molecule has 0 unspecified atom stereocenters. The molecular formula is C21H26BrN5O2. The molecule has 0 saturated carbocycles. The molecule has 1 fully saturated rings. The van der Waals surface area contributed by atoms with E-state index in [1.807, 2.05) is 29.2 Å². The Bertz CT molecular complexity index is 808. The van der Waals surface area contributed by atoms with E-state index in [4.69, 9.17) is 0 Å². The summed E-state index contributed by atoms with van der Waals surface area (Å²) in [6.45, 7) is 4.42. The topological polar surface area (TPSA) is 68.8 Å². The average Bonchev–Trinajstić information content (AvgIpc) is 2.71. The van der Waals surface area contributed by atoms with E-state index in [0.29, 0.717) is 18.9 Å². The lowest BCUT2D eigenvalue weighted by molar-refractivity contribution is -0.134. The Hall–Kier alpha value is -2.29. The number of halogens is 1. The first kappa shape index (κ1) is 21.4. The fourth-order valence-corrected chi connectivity index (χ4v) is 3.50. The molecule has 1 aliphatic rings. The number of hydrogen-bond acceptors (Lipinski definition) is 5. The van der Waals surface area contributed by atoms with Crippen molar-refractivity contribution in [2.45, 2.75) is 6.54 Å². The van der Waals surface area contributed by atoms with Crippen LogP contribution in [0.5, 0.6) is 0 Å². The smallest absolute Gasteiger partial charge is 0.239 e. The number of hydrogen-bond donors (Lipinski definition) is 1. The molecule has 0 bridgehead atoms. The lowest BCUT2D eigenvalue weighted by Crippen LogP contribution is -2.51. The predicted molar refractivity (Wildman–Crippen MR) is 116 cm³/mol. The molecule has 1 aromatic heterocycles. The number of likely N-dealkylation sites (N-methyl/N-ethyl adjacent to an activating group) is 1. The second kappa shape index (κ2) is 10.5. The molecule has 2 amide bonds. The van der Waals surface area contributed by atoms with Gasteiger partial charge in [0.15, 0.2) is 0 Å². The minimum atomic E-state index is -0.192. The number of nitrogens with one attached hydrogen (secondary N) is 1. The van der Waals surface area contributed by atoms with Gasteiger partial charge in [0.2, 0.25) is 11.8 Å². The third-order valence-electron chi connectivity index (χ3n) is 4.79. The van der Waals surface area contributed by atoms with Gasteiger partial charge in [0.05, 0.1) is 13.1 Å². The van der Waals surface area contributed by atoms with Gasteiger partial charge in [-0.15, -0.1) is 0 Å². The summed E-state index contributed by atoms with van der Waals surface area (Å²) < 4.78 is 0.849. The predicted octanol–water partition coefficient (Wildman–Crippen LogP) is 2.06. The monoisotopic (exact) mass is 459 g/mol. The molecular weight excluding hydrogens is 434 g/mol. The lowest BCUT2D eigenvalue weighted by atomic mass is 10.2. The molecule has 0 spiro atoms. The third kappa shape index (κ3) is 6.92. The maximum atomic E-state index is 12.6. The fourth-order valence-electron chi connectivity index (χ4n) is 3.26. The van der Waals surface area contributed by atoms with Gasteiger partial charge in [0.1, 0.15) is 5.82 Å². The molecule has 2 aromatic rings. The molecule has 0 atom stereocenters. The highest BCUT2D eigenvalue weighted by atomic mass is 79.9. The molecule has 1 aromatic carbocycles. The van der Waals surface area contributed by atoms with Crippen LogP contribution in [0.25, 0.3) is 0 Å². The number of piperazine rings is 1. The molecule has 1 N–H and O–H groups in total. The molecule has 3 rings (SSSR count). The number of pyridine rings is 1. The average molecular weight is 460 g/mol. The Labute approximate surface area is 179 Å². The largest absolute Gasteiger partial charge is 0.339 e. The third-order valence-corrected chi connectivity index (χ3v) is 5.26. The highest BCUT2D eigenvalue weighted by molar-refractivity contribution is 9.10. The fraction of sp³-hybridized carbons (Fsp3) is 0.381. The summed E-state index contributed by atoms with van der Waals surface area (Å²) in [5.41, 5.74) is 1.29. The zero-order chi connectivity index (χ0) is 20.6. The molecule has 1 saturated heterocycles. The van der Waals surface area contributed by atoms with Crippen LogP contribution in [-0.2, 0) is 16.1 Å². The van der Waals surface area contributed by atoms with Crippen LogP contribution in [0.4, 0.5) is 5.82 Å². The number of benzene rings is 1. The van der Waals surface area contributed by atoms with Crippen molar-refractivity contribution >= 4 is 33.6 Å². The van der Waals surface area contributed by atoms with Gasteiger partial charge in [-0.2, -0.15) is 0 Å². The Morgan fingerprint density at radius 3 is 2.45 bits per heavy atom. The summed E-state index contributed by atoms with van der Waals surface area (Å²) in [6, 6.07) is 13.9. The van der Waals surface area contributed by atoms with Crippen LogP contribution in [0, 0.1) is 0 Å². The number of anilines is 1. The van der Waals surface area contributed by atoms with Crippen molar-refractivity contribution in [1.82, 2.24) is 19.7 Å². The maximum absolute atomic E-state index is 12.6. The first-order valence-electron chi connectivity index (χ1n) is 9.63. The zero-order valence-electron chi connectivity index (χ0n) is 16.6. The van der Waals surface area contributed by atoms with Gasteiger partial charge in [-0.3, -0.25) is 19.4 Å². The Morgan fingerprint density at radius 1 is 1.07 bits per heavy atom. The van der Waals surface area contributed by atoms with Crippen LogP contribution < -0.4 is 5.32 Å². The molecule has 29 heavy (non-hydrogen) atoms. The van der Waals surface area contributed by atoms with Gasteiger partial charge in [-0.05, 0) is 40.7 Å². The number of amides is 2. The van der Waals surface area contributed by atoms with Crippen LogP contribution in [0.3, 0.4) is 0 Å². The van der Waals surface area contributed by atoms with Crippen molar-refractivity contribution in [2.75, 3.05) is 51.6 Å². The van der Waals surface area contributed by atoms with Crippen molar-refractivity contribution in [3.8, 4) is 0 Å². The maximum Gasteiger partial charge on any atom is 0.239 e. The Kier molecular flexibility index (Phi) is 7.74. The number of carbonyl (C=O) groups is 2. The van der Waals surface area contributed by atoms with E-state index in [0.717, 1.165) is 24.1 Å². The molecule has 0 radical (unpaired) electrons. The second-order valence-electron chi connectivity index (χ2n) is 7.22. The first-order valence-corrected chi connectivity index (χ1v) is 10.4. The Morgan fingerprint density at radius 2 is 1.79 bits per heavy atom. The van der Waals surface area contributed by atoms with Gasteiger partial charge in [0, 0.05) is 43.4 Å². The van der Waals surface area contributed by atoms with E-state index < -0.39 is 0 Å². The van der Waals surface area contributed by atoms with E-state index in [1.54, 1.807) is 24.2 Å². The minimum absolute atomic E-state index is 0.0569. The van der Waals surface area contributed by atoms with E-state index in [-0.39, 0.29) is 24.9 Å². The number of rotatable bonds is 7. The molecule has 8 heteroatoms. The van der Waals surface area contributed by atoms with Crippen LogP contribution in [0.1, 0.15) is 5.56 Å². The van der Waals surface area contributed by atoms with Gasteiger partial charge >= 0.3 is 0 Å². The van der Waals surface area contributed by atoms with Gasteiger partial charge in [-0.25, -0.2) is 4.98 Å². The van der Waals surface area contributed by atoms with Crippen molar-refractivity contribution in [3.05, 3.63) is 58.7 Å². The highest BCUT2D eigenvalue weighted by Gasteiger charge is 2.22. The number of aromatic nitrogens is 1. The summed E-state index contributed by atoms with van der Waals surface area (Å²) in [4.78, 5) is 34.8. The molecule has 7 nitrogen and oxygen atoms in total. The summed E-state index contributed by atoms with van der Waals surface area (Å²) in [5, 5.41) is 2.74. The first-order chi connectivity index (χ1) is 14.0. The van der Waals surface area contributed by atoms with Crippen molar-refractivity contribution in [2.24, 2.45) is 0 Å². The van der Waals surface area contributed by atoms with Crippen molar-refractivity contribution < 1.29 is 9.59 Å². The van der Waals surface area contributed by atoms with Crippen LogP contribution in [0.15, 0.2) is 53.1 Å². The van der Waals surface area contributed by atoms with Crippen molar-refractivity contribution in [1.29, 1.82) is 0 Å². The molecule has 154 valence electrons. The molecule has 0 aliphatic carbocycles. The normalized spacial score (nSPS) is 14.8. The van der Waals surface area contributed by atoms with Crippen LogP contribution in [0.2, 0.25) is 0 Å². The molecule has 2 heterocycles. The summed E-state index contributed by atoms with van der Waals surface area (Å²) >= 11 is 3.31. The van der Waals surface area contributed by atoms with E-state index in [2.05, 4.69) is 43.3 Å². The quantitative estimate of drug-likeness (QED) is 0.685. The molecule has 1 aliphatic heterocycles.